The van der Waals surface area contributed by atoms with E-state index in [1.165, 1.54) is 33.1 Å². The van der Waals surface area contributed by atoms with Gasteiger partial charge in [0, 0.05) is 22.0 Å². The molecule has 0 aliphatic rings. The molecule has 1 aromatic heterocycles. The molecule has 2 rings (SSSR count). The van der Waals surface area contributed by atoms with Crippen LogP contribution in [0.2, 0.25) is 0 Å². The highest BCUT2D eigenvalue weighted by molar-refractivity contribution is 9.10. The number of thiophene rings is 1. The average molecular weight is 324 g/mol. The first-order chi connectivity index (χ1) is 8.72. The standard InChI is InChI=1S/C15H18BrNS/c1-3-6-17-8-12-4-5-13(11(2)7-12)14-9-18-10-15(14)16/h4-5,7,9-10,17H,3,6,8H2,1-2H3. The van der Waals surface area contributed by atoms with Gasteiger partial charge in [-0.25, -0.2) is 0 Å². The van der Waals surface area contributed by atoms with Gasteiger partial charge in [0.05, 0.1) is 0 Å². The molecular weight excluding hydrogens is 306 g/mol. The summed E-state index contributed by atoms with van der Waals surface area (Å²) in [4.78, 5) is 0. The van der Waals surface area contributed by atoms with E-state index in [1.807, 2.05) is 0 Å². The number of nitrogens with one attached hydrogen (secondary N) is 1. The fourth-order valence-corrected chi connectivity index (χ4v) is 3.53. The first-order valence-corrected chi connectivity index (χ1v) is 7.98. The first kappa shape index (κ1) is 13.8. The van der Waals surface area contributed by atoms with Gasteiger partial charge in [0.1, 0.15) is 0 Å². The van der Waals surface area contributed by atoms with Crippen LogP contribution in [0.25, 0.3) is 11.1 Å². The van der Waals surface area contributed by atoms with Crippen molar-refractivity contribution in [3.05, 3.63) is 44.6 Å². The lowest BCUT2D eigenvalue weighted by Crippen LogP contribution is -2.13. The average Bonchev–Trinajstić information content (AvgIpc) is 2.76. The third-order valence-electron chi connectivity index (χ3n) is 2.95. The Bertz CT molecular complexity index is 519. The molecule has 0 atom stereocenters. The summed E-state index contributed by atoms with van der Waals surface area (Å²) in [5.74, 6) is 0. The highest BCUT2D eigenvalue weighted by Gasteiger charge is 2.07. The Kier molecular flexibility index (Phi) is 4.98. The van der Waals surface area contributed by atoms with E-state index in [4.69, 9.17) is 0 Å². The molecule has 1 heterocycles. The maximum Gasteiger partial charge on any atom is 0.0360 e. The molecule has 0 radical (unpaired) electrons. The molecule has 1 nitrogen and oxygen atoms in total. The van der Waals surface area contributed by atoms with Crippen molar-refractivity contribution in [3.8, 4) is 11.1 Å². The fourth-order valence-electron chi connectivity index (χ4n) is 2.02. The van der Waals surface area contributed by atoms with Crippen LogP contribution in [0.3, 0.4) is 0 Å². The van der Waals surface area contributed by atoms with Gasteiger partial charge in [0.25, 0.3) is 0 Å². The normalized spacial score (nSPS) is 10.8. The molecule has 0 amide bonds. The molecule has 0 aliphatic carbocycles. The molecule has 18 heavy (non-hydrogen) atoms. The van der Waals surface area contributed by atoms with Gasteiger partial charge in [-0.2, -0.15) is 11.3 Å². The maximum atomic E-state index is 3.61. The van der Waals surface area contributed by atoms with E-state index in [0.29, 0.717) is 0 Å². The Morgan fingerprint density at radius 1 is 1.22 bits per heavy atom. The second kappa shape index (κ2) is 6.50. The molecule has 1 N–H and O–H groups in total. The Balaban J connectivity index is 2.18. The Labute approximate surface area is 121 Å². The van der Waals surface area contributed by atoms with Gasteiger partial charge in [0.2, 0.25) is 0 Å². The van der Waals surface area contributed by atoms with Crippen molar-refractivity contribution in [2.75, 3.05) is 6.54 Å². The van der Waals surface area contributed by atoms with Crippen LogP contribution in [0.5, 0.6) is 0 Å². The monoisotopic (exact) mass is 323 g/mol. The predicted molar refractivity (Wildman–Crippen MR) is 84.2 cm³/mol. The van der Waals surface area contributed by atoms with Crippen LogP contribution in [0.1, 0.15) is 24.5 Å². The summed E-state index contributed by atoms with van der Waals surface area (Å²) in [6.45, 7) is 6.41. The summed E-state index contributed by atoms with van der Waals surface area (Å²) in [5, 5.41) is 7.76. The van der Waals surface area contributed by atoms with Crippen LogP contribution >= 0.6 is 27.3 Å². The number of hydrogen-bond donors (Lipinski definition) is 1. The quantitative estimate of drug-likeness (QED) is 0.764. The van der Waals surface area contributed by atoms with Gasteiger partial charge in [-0.15, -0.1) is 0 Å². The van der Waals surface area contributed by atoms with Crippen molar-refractivity contribution in [3.63, 3.8) is 0 Å². The molecule has 0 spiro atoms. The van der Waals surface area contributed by atoms with Crippen molar-refractivity contribution in [1.29, 1.82) is 0 Å². The molecule has 2 aromatic rings. The SMILES string of the molecule is CCCNCc1ccc(-c2cscc2Br)c(C)c1. The largest absolute Gasteiger partial charge is 0.313 e. The van der Waals surface area contributed by atoms with Crippen LogP contribution in [0.15, 0.2) is 33.4 Å². The van der Waals surface area contributed by atoms with Crippen molar-refractivity contribution >= 4 is 27.3 Å². The van der Waals surface area contributed by atoms with E-state index in [1.54, 1.807) is 11.3 Å². The van der Waals surface area contributed by atoms with E-state index in [0.717, 1.165) is 13.1 Å². The minimum atomic E-state index is 0.958. The Morgan fingerprint density at radius 2 is 2.06 bits per heavy atom. The van der Waals surface area contributed by atoms with Gasteiger partial charge in [0.15, 0.2) is 0 Å². The summed E-state index contributed by atoms with van der Waals surface area (Å²) in [5.41, 5.74) is 5.31. The zero-order valence-corrected chi connectivity index (χ0v) is 13.2. The summed E-state index contributed by atoms with van der Waals surface area (Å²) in [7, 11) is 0. The minimum Gasteiger partial charge on any atom is -0.313 e. The smallest absolute Gasteiger partial charge is 0.0360 e. The Morgan fingerprint density at radius 3 is 2.67 bits per heavy atom. The molecule has 0 saturated heterocycles. The molecule has 96 valence electrons. The highest BCUT2D eigenvalue weighted by Crippen LogP contribution is 2.33. The summed E-state index contributed by atoms with van der Waals surface area (Å²) < 4.78 is 1.19. The number of benzene rings is 1. The molecule has 1 aromatic carbocycles. The molecule has 0 unspecified atom stereocenters. The van der Waals surface area contributed by atoms with Crippen LogP contribution in [0.4, 0.5) is 0 Å². The van der Waals surface area contributed by atoms with Crippen molar-refractivity contribution < 1.29 is 0 Å². The number of aryl methyl sites for hydroxylation is 1. The molecule has 0 fully saturated rings. The molecule has 0 aliphatic heterocycles. The van der Waals surface area contributed by atoms with Crippen molar-refractivity contribution in [2.45, 2.75) is 26.8 Å². The molecule has 0 saturated carbocycles. The molecular formula is C15H18BrNS. The fraction of sp³-hybridized carbons (Fsp3) is 0.333. The third-order valence-corrected chi connectivity index (χ3v) is 4.65. The lowest BCUT2D eigenvalue weighted by Gasteiger charge is -2.09. The van der Waals surface area contributed by atoms with Crippen LogP contribution < -0.4 is 5.32 Å². The zero-order chi connectivity index (χ0) is 13.0. The predicted octanol–water partition coefficient (Wildman–Crippen LogP) is 4.99. The van der Waals surface area contributed by atoms with E-state index in [-0.39, 0.29) is 0 Å². The van der Waals surface area contributed by atoms with Crippen molar-refractivity contribution in [1.82, 2.24) is 5.32 Å². The summed E-state index contributed by atoms with van der Waals surface area (Å²) in [6, 6.07) is 6.72. The lowest BCUT2D eigenvalue weighted by atomic mass is 10.0. The highest BCUT2D eigenvalue weighted by atomic mass is 79.9. The second-order valence-corrected chi connectivity index (χ2v) is 6.06. The second-order valence-electron chi connectivity index (χ2n) is 4.46. The van der Waals surface area contributed by atoms with Crippen molar-refractivity contribution in [2.24, 2.45) is 0 Å². The summed E-state index contributed by atoms with van der Waals surface area (Å²) in [6.07, 6.45) is 1.18. The molecule has 3 heteroatoms. The number of rotatable bonds is 5. The van der Waals surface area contributed by atoms with Crippen LogP contribution in [-0.2, 0) is 6.54 Å². The topological polar surface area (TPSA) is 12.0 Å². The Hall–Kier alpha value is -0.640. The van der Waals surface area contributed by atoms with Gasteiger partial charge in [-0.05, 0) is 57.9 Å². The van der Waals surface area contributed by atoms with Gasteiger partial charge in [-0.3, -0.25) is 0 Å². The maximum absolute atomic E-state index is 3.61. The van der Waals surface area contributed by atoms with Crippen LogP contribution in [-0.4, -0.2) is 6.54 Å². The number of halogens is 1. The van der Waals surface area contributed by atoms with E-state index in [9.17, 15) is 0 Å². The van der Waals surface area contributed by atoms with E-state index < -0.39 is 0 Å². The third kappa shape index (κ3) is 3.22. The van der Waals surface area contributed by atoms with Gasteiger partial charge in [-0.1, -0.05) is 25.1 Å². The number of hydrogen-bond acceptors (Lipinski definition) is 2. The van der Waals surface area contributed by atoms with E-state index >= 15 is 0 Å². The minimum absolute atomic E-state index is 0.958. The zero-order valence-electron chi connectivity index (χ0n) is 10.8. The first-order valence-electron chi connectivity index (χ1n) is 6.24. The summed E-state index contributed by atoms with van der Waals surface area (Å²) >= 11 is 5.34. The van der Waals surface area contributed by atoms with Gasteiger partial charge < -0.3 is 5.32 Å². The molecule has 0 bridgehead atoms. The van der Waals surface area contributed by atoms with Crippen LogP contribution in [0, 0.1) is 6.92 Å². The van der Waals surface area contributed by atoms with Gasteiger partial charge >= 0.3 is 0 Å². The van der Waals surface area contributed by atoms with E-state index in [2.05, 4.69) is 64.1 Å². The lowest BCUT2D eigenvalue weighted by molar-refractivity contribution is 0.675.